The van der Waals surface area contributed by atoms with Crippen LogP contribution in [0.15, 0.2) is 16.9 Å². The quantitative estimate of drug-likeness (QED) is 0.821. The van der Waals surface area contributed by atoms with E-state index in [1.165, 1.54) is 12.7 Å². The topological polar surface area (TPSA) is 58.4 Å². The zero-order valence-electron chi connectivity index (χ0n) is 9.48. The molecule has 0 aliphatic carbocycles. The number of hydrogen-bond donors (Lipinski definition) is 1. The average Bonchev–Trinajstić information content (AvgIpc) is 2.82. The fraction of sp³-hybridized carbons (Fsp3) is 0.636. The largest absolute Gasteiger partial charge is 0.364 e. The molecule has 16 heavy (non-hydrogen) atoms. The molecule has 88 valence electrons. The summed E-state index contributed by atoms with van der Waals surface area (Å²) >= 11 is 0. The van der Waals surface area contributed by atoms with Gasteiger partial charge in [-0.1, -0.05) is 5.16 Å². The number of carbonyl (C=O) groups excluding carboxylic acids is 1. The lowest BCUT2D eigenvalue weighted by Gasteiger charge is -2.32. The highest BCUT2D eigenvalue weighted by Crippen LogP contribution is 2.17. The number of nitrogens with zero attached hydrogens (tertiary/aromatic N) is 2. The van der Waals surface area contributed by atoms with Crippen molar-refractivity contribution in [1.82, 2.24) is 15.4 Å². The molecule has 1 aliphatic rings. The van der Waals surface area contributed by atoms with Crippen molar-refractivity contribution in [3.63, 3.8) is 0 Å². The normalized spacial score (nSPS) is 21.1. The molecule has 0 aromatic carbocycles. The van der Waals surface area contributed by atoms with Crippen LogP contribution in [-0.2, 0) is 0 Å². The molecule has 0 bridgehead atoms. The SMILES string of the molecule is CNCC1CCCN(C(=O)c2ccon2)C1. The number of amides is 1. The molecule has 1 N–H and O–H groups in total. The summed E-state index contributed by atoms with van der Waals surface area (Å²) in [7, 11) is 1.94. The van der Waals surface area contributed by atoms with Crippen LogP contribution in [0.5, 0.6) is 0 Å². The fourth-order valence-electron chi connectivity index (χ4n) is 2.19. The average molecular weight is 223 g/mol. The molecule has 1 aromatic rings. The molecule has 0 spiro atoms. The first-order valence-electron chi connectivity index (χ1n) is 5.65. The maximum atomic E-state index is 12.0. The van der Waals surface area contributed by atoms with Crippen molar-refractivity contribution in [2.24, 2.45) is 5.92 Å². The Balaban J connectivity index is 1.96. The van der Waals surface area contributed by atoms with E-state index in [1.807, 2.05) is 11.9 Å². The second-order valence-corrected chi connectivity index (χ2v) is 4.20. The van der Waals surface area contributed by atoms with E-state index in [9.17, 15) is 4.79 Å². The maximum Gasteiger partial charge on any atom is 0.276 e. The first kappa shape index (κ1) is 11.1. The predicted molar refractivity (Wildman–Crippen MR) is 59.1 cm³/mol. The van der Waals surface area contributed by atoms with Crippen LogP contribution in [-0.4, -0.2) is 42.6 Å². The summed E-state index contributed by atoms with van der Waals surface area (Å²) in [5.41, 5.74) is 0.408. The van der Waals surface area contributed by atoms with Crippen molar-refractivity contribution < 1.29 is 9.32 Å². The van der Waals surface area contributed by atoms with Crippen LogP contribution in [0.25, 0.3) is 0 Å². The Morgan fingerprint density at radius 3 is 3.31 bits per heavy atom. The minimum Gasteiger partial charge on any atom is -0.364 e. The molecule has 5 nitrogen and oxygen atoms in total. The van der Waals surface area contributed by atoms with Gasteiger partial charge in [0.25, 0.3) is 5.91 Å². The second kappa shape index (κ2) is 5.12. The Labute approximate surface area is 94.8 Å². The molecule has 1 aromatic heterocycles. The van der Waals surface area contributed by atoms with Gasteiger partial charge in [0.05, 0.1) is 0 Å². The van der Waals surface area contributed by atoms with E-state index < -0.39 is 0 Å². The monoisotopic (exact) mass is 223 g/mol. The first-order valence-corrected chi connectivity index (χ1v) is 5.65. The van der Waals surface area contributed by atoms with Crippen LogP contribution in [0.1, 0.15) is 23.3 Å². The smallest absolute Gasteiger partial charge is 0.276 e. The van der Waals surface area contributed by atoms with Crippen molar-refractivity contribution in [1.29, 1.82) is 0 Å². The van der Waals surface area contributed by atoms with Crippen LogP contribution in [0, 0.1) is 5.92 Å². The van der Waals surface area contributed by atoms with Crippen molar-refractivity contribution in [3.05, 3.63) is 18.0 Å². The van der Waals surface area contributed by atoms with Gasteiger partial charge in [0.1, 0.15) is 6.26 Å². The number of nitrogens with one attached hydrogen (secondary N) is 1. The fourth-order valence-corrected chi connectivity index (χ4v) is 2.19. The third-order valence-corrected chi connectivity index (χ3v) is 2.96. The molecule has 1 aliphatic heterocycles. The Hall–Kier alpha value is -1.36. The third-order valence-electron chi connectivity index (χ3n) is 2.96. The summed E-state index contributed by atoms with van der Waals surface area (Å²) in [5.74, 6) is 0.532. The lowest BCUT2D eigenvalue weighted by Crippen LogP contribution is -2.42. The van der Waals surface area contributed by atoms with Crippen molar-refractivity contribution in [2.75, 3.05) is 26.7 Å². The minimum atomic E-state index is -0.0189. The van der Waals surface area contributed by atoms with Crippen LogP contribution >= 0.6 is 0 Å². The highest BCUT2D eigenvalue weighted by Gasteiger charge is 2.25. The van der Waals surface area contributed by atoms with Crippen molar-refractivity contribution in [2.45, 2.75) is 12.8 Å². The molecule has 1 atom stereocenters. The van der Waals surface area contributed by atoms with Gasteiger partial charge < -0.3 is 14.7 Å². The van der Waals surface area contributed by atoms with Gasteiger partial charge in [0, 0.05) is 19.2 Å². The Morgan fingerprint density at radius 2 is 2.62 bits per heavy atom. The van der Waals surface area contributed by atoms with E-state index in [1.54, 1.807) is 6.07 Å². The van der Waals surface area contributed by atoms with Gasteiger partial charge in [0.2, 0.25) is 0 Å². The summed E-state index contributed by atoms with van der Waals surface area (Å²) in [6, 6.07) is 1.62. The molecule has 2 heterocycles. The van der Waals surface area contributed by atoms with Gasteiger partial charge >= 0.3 is 0 Å². The minimum absolute atomic E-state index is 0.0189. The number of rotatable bonds is 3. The van der Waals surface area contributed by atoms with E-state index in [0.717, 1.165) is 26.1 Å². The Kier molecular flexibility index (Phi) is 3.56. The molecular formula is C11H17N3O2. The number of carbonyl (C=O) groups is 1. The number of hydrogen-bond acceptors (Lipinski definition) is 4. The molecule has 1 saturated heterocycles. The highest BCUT2D eigenvalue weighted by molar-refractivity contribution is 5.92. The molecule has 5 heteroatoms. The van der Waals surface area contributed by atoms with Crippen LogP contribution < -0.4 is 5.32 Å². The van der Waals surface area contributed by atoms with Gasteiger partial charge in [-0.2, -0.15) is 0 Å². The van der Waals surface area contributed by atoms with E-state index in [-0.39, 0.29) is 5.91 Å². The predicted octanol–water partition coefficient (Wildman–Crippen LogP) is 0.746. The van der Waals surface area contributed by atoms with Gasteiger partial charge in [-0.25, -0.2) is 0 Å². The summed E-state index contributed by atoms with van der Waals surface area (Å²) < 4.78 is 4.69. The molecule has 1 amide bonds. The summed E-state index contributed by atoms with van der Waals surface area (Å²) in [6.45, 7) is 2.60. The molecular weight excluding hydrogens is 206 g/mol. The third kappa shape index (κ3) is 2.41. The Morgan fingerprint density at radius 1 is 1.75 bits per heavy atom. The molecule has 0 saturated carbocycles. The lowest BCUT2D eigenvalue weighted by atomic mass is 9.98. The second-order valence-electron chi connectivity index (χ2n) is 4.20. The van der Waals surface area contributed by atoms with Crippen LogP contribution in [0.2, 0.25) is 0 Å². The molecule has 1 fully saturated rings. The van der Waals surface area contributed by atoms with Crippen LogP contribution in [0.4, 0.5) is 0 Å². The standard InChI is InChI=1S/C11H17N3O2/c1-12-7-9-3-2-5-14(8-9)11(15)10-4-6-16-13-10/h4,6,9,12H,2-3,5,7-8H2,1H3. The zero-order chi connectivity index (χ0) is 11.4. The number of likely N-dealkylation sites (tertiary alicyclic amines) is 1. The first-order chi connectivity index (χ1) is 7.81. The zero-order valence-corrected chi connectivity index (χ0v) is 9.48. The molecule has 0 radical (unpaired) electrons. The Bertz CT molecular complexity index is 335. The number of aromatic nitrogens is 1. The van der Waals surface area contributed by atoms with Crippen molar-refractivity contribution in [3.8, 4) is 0 Å². The lowest BCUT2D eigenvalue weighted by molar-refractivity contribution is 0.0664. The number of piperidine rings is 1. The highest BCUT2D eigenvalue weighted by atomic mass is 16.5. The van der Waals surface area contributed by atoms with Crippen LogP contribution in [0.3, 0.4) is 0 Å². The van der Waals surface area contributed by atoms with E-state index in [0.29, 0.717) is 11.6 Å². The molecule has 2 rings (SSSR count). The summed E-state index contributed by atoms with van der Waals surface area (Å²) in [6.07, 6.45) is 3.68. The van der Waals surface area contributed by atoms with E-state index in [2.05, 4.69) is 10.5 Å². The van der Waals surface area contributed by atoms with E-state index in [4.69, 9.17) is 4.52 Å². The van der Waals surface area contributed by atoms with Gasteiger partial charge in [-0.3, -0.25) is 4.79 Å². The summed E-state index contributed by atoms with van der Waals surface area (Å²) in [5, 5.41) is 6.84. The van der Waals surface area contributed by atoms with E-state index >= 15 is 0 Å². The maximum absolute atomic E-state index is 12.0. The summed E-state index contributed by atoms with van der Waals surface area (Å²) in [4.78, 5) is 13.9. The van der Waals surface area contributed by atoms with Gasteiger partial charge in [0.15, 0.2) is 5.69 Å². The van der Waals surface area contributed by atoms with Gasteiger partial charge in [-0.15, -0.1) is 0 Å². The van der Waals surface area contributed by atoms with Gasteiger partial charge in [-0.05, 0) is 32.4 Å². The molecule has 1 unspecified atom stereocenters. The van der Waals surface area contributed by atoms with Crippen molar-refractivity contribution >= 4 is 5.91 Å².